The molecule has 0 heterocycles. The topological polar surface area (TPSA) is 34.1 Å². The van der Waals surface area contributed by atoms with Gasteiger partial charge in [-0.05, 0) is 23.6 Å². The summed E-state index contributed by atoms with van der Waals surface area (Å²) < 4.78 is 0. The van der Waals surface area contributed by atoms with E-state index in [9.17, 15) is 9.59 Å². The molecular formula is C13H13ClO2. The molecule has 0 radical (unpaired) electrons. The van der Waals surface area contributed by atoms with Crippen LogP contribution in [0.3, 0.4) is 0 Å². The van der Waals surface area contributed by atoms with Crippen molar-refractivity contribution in [2.24, 2.45) is 5.92 Å². The van der Waals surface area contributed by atoms with Gasteiger partial charge < -0.3 is 0 Å². The Morgan fingerprint density at radius 3 is 2.44 bits per heavy atom. The molecule has 84 valence electrons. The van der Waals surface area contributed by atoms with Gasteiger partial charge in [-0.1, -0.05) is 37.3 Å². The van der Waals surface area contributed by atoms with E-state index < -0.39 is 10.7 Å². The number of benzene rings is 1. The summed E-state index contributed by atoms with van der Waals surface area (Å²) in [4.78, 5) is 23.4. The maximum absolute atomic E-state index is 11.7. The SMILES string of the molecule is CC1C(=O)CCC1(C(=O)Cl)c1ccccc1. The first-order valence-corrected chi connectivity index (χ1v) is 5.75. The van der Waals surface area contributed by atoms with Crippen LogP contribution in [0.25, 0.3) is 0 Å². The lowest BCUT2D eigenvalue weighted by molar-refractivity contribution is -0.125. The molecule has 1 fully saturated rings. The Kier molecular flexibility index (Phi) is 2.85. The number of hydrogen-bond donors (Lipinski definition) is 0. The Bertz CT molecular complexity index is 427. The summed E-state index contributed by atoms with van der Waals surface area (Å²) in [5.41, 5.74) is 0.0493. The lowest BCUT2D eigenvalue weighted by Crippen LogP contribution is -2.37. The van der Waals surface area contributed by atoms with E-state index in [-0.39, 0.29) is 11.7 Å². The summed E-state index contributed by atoms with van der Waals surface area (Å²) >= 11 is 5.74. The minimum absolute atomic E-state index is 0.123. The fourth-order valence-electron chi connectivity index (χ4n) is 2.54. The lowest BCUT2D eigenvalue weighted by Gasteiger charge is -2.29. The Labute approximate surface area is 99.6 Å². The molecule has 3 heteroatoms. The van der Waals surface area contributed by atoms with Gasteiger partial charge in [0.15, 0.2) is 0 Å². The summed E-state index contributed by atoms with van der Waals surface area (Å²) in [6.45, 7) is 1.79. The smallest absolute Gasteiger partial charge is 0.232 e. The van der Waals surface area contributed by atoms with Crippen molar-refractivity contribution in [3.63, 3.8) is 0 Å². The second-order valence-corrected chi connectivity index (χ2v) is 4.64. The third-order valence-electron chi connectivity index (χ3n) is 3.63. The maximum Gasteiger partial charge on any atom is 0.232 e. The van der Waals surface area contributed by atoms with E-state index in [1.54, 1.807) is 6.92 Å². The van der Waals surface area contributed by atoms with Crippen LogP contribution in [0, 0.1) is 5.92 Å². The van der Waals surface area contributed by atoms with Crippen molar-refractivity contribution in [1.82, 2.24) is 0 Å². The Hall–Kier alpha value is -1.15. The third-order valence-corrected chi connectivity index (χ3v) is 3.96. The normalized spacial score (nSPS) is 29.4. The standard InChI is InChI=1S/C13H13ClO2/c1-9-11(15)7-8-13(9,12(14)16)10-5-3-2-4-6-10/h2-6,9H,7-8H2,1H3. The second kappa shape index (κ2) is 4.02. The van der Waals surface area contributed by atoms with Gasteiger partial charge in [0.2, 0.25) is 5.24 Å². The molecule has 1 saturated carbocycles. The molecule has 1 aromatic rings. The average Bonchev–Trinajstić information content (AvgIpc) is 2.59. The molecule has 2 unspecified atom stereocenters. The van der Waals surface area contributed by atoms with Gasteiger partial charge in [0.25, 0.3) is 0 Å². The maximum atomic E-state index is 11.7. The first-order valence-electron chi connectivity index (χ1n) is 5.37. The van der Waals surface area contributed by atoms with E-state index in [0.717, 1.165) is 5.56 Å². The molecular weight excluding hydrogens is 224 g/mol. The lowest BCUT2D eigenvalue weighted by atomic mass is 9.74. The van der Waals surface area contributed by atoms with Crippen LogP contribution in [-0.4, -0.2) is 11.0 Å². The summed E-state index contributed by atoms with van der Waals surface area (Å²) in [5, 5.41) is -0.419. The van der Waals surface area contributed by atoms with Gasteiger partial charge in [-0.3, -0.25) is 9.59 Å². The molecule has 2 nitrogen and oxygen atoms in total. The molecule has 2 rings (SSSR count). The fraction of sp³-hybridized carbons (Fsp3) is 0.385. The third kappa shape index (κ3) is 1.49. The zero-order chi connectivity index (χ0) is 11.8. The van der Waals surface area contributed by atoms with E-state index in [1.165, 1.54) is 0 Å². The number of halogens is 1. The van der Waals surface area contributed by atoms with Gasteiger partial charge in [-0.15, -0.1) is 0 Å². The van der Waals surface area contributed by atoms with Crippen molar-refractivity contribution in [3.8, 4) is 0 Å². The highest BCUT2D eigenvalue weighted by Crippen LogP contribution is 2.45. The zero-order valence-electron chi connectivity index (χ0n) is 9.07. The highest BCUT2D eigenvalue weighted by molar-refractivity contribution is 6.65. The van der Waals surface area contributed by atoms with Crippen LogP contribution in [-0.2, 0) is 15.0 Å². The molecule has 1 aliphatic rings. The van der Waals surface area contributed by atoms with Gasteiger partial charge in [-0.25, -0.2) is 0 Å². The van der Waals surface area contributed by atoms with Crippen LogP contribution < -0.4 is 0 Å². The number of rotatable bonds is 2. The van der Waals surface area contributed by atoms with Gasteiger partial charge in [0, 0.05) is 12.3 Å². The number of carbonyl (C=O) groups is 2. The van der Waals surface area contributed by atoms with Crippen molar-refractivity contribution in [3.05, 3.63) is 35.9 Å². The molecule has 1 aromatic carbocycles. The van der Waals surface area contributed by atoms with Crippen LogP contribution in [0.4, 0.5) is 0 Å². The molecule has 2 atom stereocenters. The number of carbonyl (C=O) groups excluding carboxylic acids is 2. The van der Waals surface area contributed by atoms with Crippen LogP contribution in [0.5, 0.6) is 0 Å². The molecule has 0 saturated heterocycles. The largest absolute Gasteiger partial charge is 0.299 e. The minimum atomic E-state index is -0.806. The first kappa shape index (κ1) is 11.3. The fourth-order valence-corrected chi connectivity index (χ4v) is 2.91. The van der Waals surface area contributed by atoms with E-state index in [4.69, 9.17) is 11.6 Å². The molecule has 0 spiro atoms. The first-order chi connectivity index (χ1) is 7.59. The van der Waals surface area contributed by atoms with Gasteiger partial charge >= 0.3 is 0 Å². The summed E-state index contributed by atoms with van der Waals surface area (Å²) in [6.07, 6.45) is 0.966. The zero-order valence-corrected chi connectivity index (χ0v) is 9.83. The Morgan fingerprint density at radius 1 is 1.38 bits per heavy atom. The van der Waals surface area contributed by atoms with Gasteiger partial charge in [-0.2, -0.15) is 0 Å². The van der Waals surface area contributed by atoms with Crippen LogP contribution in [0.15, 0.2) is 30.3 Å². The van der Waals surface area contributed by atoms with E-state index in [2.05, 4.69) is 0 Å². The number of hydrogen-bond acceptors (Lipinski definition) is 2. The van der Waals surface area contributed by atoms with E-state index in [1.807, 2.05) is 30.3 Å². The molecule has 0 aromatic heterocycles. The highest BCUT2D eigenvalue weighted by Gasteiger charge is 2.51. The monoisotopic (exact) mass is 236 g/mol. The number of Topliss-reactive ketones (excluding diaryl/α,β-unsaturated/α-hetero) is 1. The Morgan fingerprint density at radius 2 is 2.00 bits per heavy atom. The molecule has 16 heavy (non-hydrogen) atoms. The quantitative estimate of drug-likeness (QED) is 0.740. The average molecular weight is 237 g/mol. The van der Waals surface area contributed by atoms with Crippen molar-refractivity contribution >= 4 is 22.6 Å². The molecule has 1 aliphatic carbocycles. The van der Waals surface area contributed by atoms with Crippen LogP contribution in [0.2, 0.25) is 0 Å². The van der Waals surface area contributed by atoms with Crippen LogP contribution in [0.1, 0.15) is 25.3 Å². The summed E-state index contributed by atoms with van der Waals surface area (Å²) in [5.74, 6) is -0.197. The summed E-state index contributed by atoms with van der Waals surface area (Å²) in [7, 11) is 0. The number of ketones is 1. The molecule has 0 amide bonds. The predicted octanol–water partition coefficient (Wildman–Crippen LogP) is 2.69. The van der Waals surface area contributed by atoms with E-state index >= 15 is 0 Å². The Balaban J connectivity index is 2.54. The van der Waals surface area contributed by atoms with Crippen LogP contribution >= 0.6 is 11.6 Å². The molecule has 0 N–H and O–H groups in total. The van der Waals surface area contributed by atoms with Gasteiger partial charge in [0.05, 0.1) is 5.41 Å². The van der Waals surface area contributed by atoms with Gasteiger partial charge in [0.1, 0.15) is 5.78 Å². The minimum Gasteiger partial charge on any atom is -0.299 e. The summed E-state index contributed by atoms with van der Waals surface area (Å²) in [6, 6.07) is 9.36. The van der Waals surface area contributed by atoms with Crippen molar-refractivity contribution in [2.45, 2.75) is 25.2 Å². The van der Waals surface area contributed by atoms with Crippen molar-refractivity contribution in [1.29, 1.82) is 0 Å². The predicted molar refractivity (Wildman–Crippen MR) is 62.4 cm³/mol. The molecule has 0 aliphatic heterocycles. The highest BCUT2D eigenvalue weighted by atomic mass is 35.5. The molecule has 0 bridgehead atoms. The van der Waals surface area contributed by atoms with Crippen molar-refractivity contribution < 1.29 is 9.59 Å². The van der Waals surface area contributed by atoms with Crippen molar-refractivity contribution in [2.75, 3.05) is 0 Å². The second-order valence-electron chi connectivity index (χ2n) is 4.30. The van der Waals surface area contributed by atoms with E-state index in [0.29, 0.717) is 12.8 Å².